The number of imidazole rings is 1. The van der Waals surface area contributed by atoms with Gasteiger partial charge in [0.2, 0.25) is 5.91 Å². The summed E-state index contributed by atoms with van der Waals surface area (Å²) in [7, 11) is 1.98. The highest BCUT2D eigenvalue weighted by Crippen LogP contribution is 2.38. The van der Waals surface area contributed by atoms with Gasteiger partial charge in [0.25, 0.3) is 0 Å². The van der Waals surface area contributed by atoms with Crippen LogP contribution in [0.1, 0.15) is 81.2 Å². The van der Waals surface area contributed by atoms with Gasteiger partial charge in [0.05, 0.1) is 17.4 Å². The first kappa shape index (κ1) is 32.4. The lowest BCUT2D eigenvalue weighted by Crippen LogP contribution is -2.43. The minimum Gasteiger partial charge on any atom is -0.354 e. The van der Waals surface area contributed by atoms with E-state index in [2.05, 4.69) is 97.4 Å². The molecule has 0 aliphatic heterocycles. The van der Waals surface area contributed by atoms with Gasteiger partial charge in [-0.2, -0.15) is 0 Å². The highest BCUT2D eigenvalue weighted by atomic mass is 16.2. The number of aryl methyl sites for hydroxylation is 4. The van der Waals surface area contributed by atoms with Crippen LogP contribution in [-0.2, 0) is 23.7 Å². The third-order valence-corrected chi connectivity index (χ3v) is 9.28. The molecule has 0 unspecified atom stereocenters. The number of nitrogens with one attached hydrogen (secondary N) is 2. The Morgan fingerprint density at radius 2 is 1.76 bits per heavy atom. The van der Waals surface area contributed by atoms with E-state index in [9.17, 15) is 4.79 Å². The molecule has 7 heteroatoms. The number of hydrogen-bond donors (Lipinski definition) is 2. The Balaban J connectivity index is 1.35. The summed E-state index contributed by atoms with van der Waals surface area (Å²) in [5.74, 6) is 0.436. The van der Waals surface area contributed by atoms with Crippen molar-refractivity contribution >= 4 is 28.0 Å². The van der Waals surface area contributed by atoms with Gasteiger partial charge < -0.3 is 19.8 Å². The summed E-state index contributed by atoms with van der Waals surface area (Å²) < 4.78 is 1.96. The average molecular weight is 607 g/mol. The first-order valence-corrected chi connectivity index (χ1v) is 16.5. The number of carbonyl (C=O) groups is 1. The maximum atomic E-state index is 13.6. The van der Waals surface area contributed by atoms with Crippen LogP contribution in [0, 0.1) is 13.8 Å². The van der Waals surface area contributed by atoms with Crippen LogP contribution in [0.5, 0.6) is 0 Å². The first-order valence-electron chi connectivity index (χ1n) is 16.5. The van der Waals surface area contributed by atoms with Gasteiger partial charge in [0.15, 0.2) is 5.65 Å². The number of amides is 1. The molecule has 3 aromatic heterocycles. The number of fused-ring (bicyclic) bond motifs is 2. The summed E-state index contributed by atoms with van der Waals surface area (Å²) >= 11 is 0. The van der Waals surface area contributed by atoms with Crippen molar-refractivity contribution in [1.29, 1.82) is 0 Å². The van der Waals surface area contributed by atoms with E-state index < -0.39 is 5.41 Å². The van der Waals surface area contributed by atoms with Crippen LogP contribution in [-0.4, -0.2) is 56.5 Å². The largest absolute Gasteiger partial charge is 0.354 e. The summed E-state index contributed by atoms with van der Waals surface area (Å²) in [4.78, 5) is 28.3. The molecule has 45 heavy (non-hydrogen) atoms. The zero-order chi connectivity index (χ0) is 32.3. The predicted molar refractivity (Wildman–Crippen MR) is 187 cm³/mol. The zero-order valence-corrected chi connectivity index (χ0v) is 28.4. The number of aromatic nitrogens is 4. The van der Waals surface area contributed by atoms with Crippen molar-refractivity contribution in [3.8, 4) is 11.3 Å². The number of hydrogen-bond acceptors (Lipinski definition) is 4. The average Bonchev–Trinajstić information content (AvgIpc) is 3.58. The molecule has 0 saturated heterocycles. The molecule has 2 N–H and O–H groups in total. The molecule has 0 saturated carbocycles. The Hall–Kier alpha value is -3.97. The minimum absolute atomic E-state index is 0.170. The molecule has 2 aromatic carbocycles. The highest BCUT2D eigenvalue weighted by Gasteiger charge is 2.33. The van der Waals surface area contributed by atoms with E-state index in [1.807, 2.05) is 42.9 Å². The number of carbonyl (C=O) groups excluding carboxylic acids is 1. The van der Waals surface area contributed by atoms with Crippen LogP contribution in [0.15, 0.2) is 55.0 Å². The molecule has 238 valence electrons. The molecule has 0 radical (unpaired) electrons. The summed E-state index contributed by atoms with van der Waals surface area (Å²) in [6.07, 6.45) is 6.99. The number of benzene rings is 2. The number of unbranched alkanes of at least 4 members (excludes halogenated alkanes) is 1. The lowest BCUT2D eigenvalue weighted by molar-refractivity contribution is -0.135. The molecule has 0 aliphatic carbocycles. The fourth-order valence-electron chi connectivity index (χ4n) is 6.68. The van der Waals surface area contributed by atoms with E-state index in [0.29, 0.717) is 13.1 Å². The molecular formula is C38H50N6O. The van der Waals surface area contributed by atoms with Gasteiger partial charge in [-0.1, -0.05) is 30.2 Å². The monoisotopic (exact) mass is 606 g/mol. The van der Waals surface area contributed by atoms with Gasteiger partial charge in [-0.05, 0) is 126 Å². The van der Waals surface area contributed by atoms with Gasteiger partial charge in [0, 0.05) is 43.8 Å². The minimum atomic E-state index is -0.618. The van der Waals surface area contributed by atoms with E-state index in [0.717, 1.165) is 54.6 Å². The molecular weight excluding hydrogens is 556 g/mol. The molecule has 1 amide bonds. The van der Waals surface area contributed by atoms with Crippen LogP contribution < -0.4 is 5.32 Å². The Labute approximate surface area is 268 Å². The molecule has 7 nitrogen and oxygen atoms in total. The van der Waals surface area contributed by atoms with Crippen molar-refractivity contribution in [2.75, 3.05) is 26.2 Å². The van der Waals surface area contributed by atoms with E-state index >= 15 is 0 Å². The summed E-state index contributed by atoms with van der Waals surface area (Å²) in [6, 6.07) is 15.5. The quantitative estimate of drug-likeness (QED) is 0.135. The third-order valence-electron chi connectivity index (χ3n) is 9.28. The van der Waals surface area contributed by atoms with Crippen LogP contribution in [0.3, 0.4) is 0 Å². The van der Waals surface area contributed by atoms with E-state index in [4.69, 9.17) is 0 Å². The molecule has 5 aromatic rings. The highest BCUT2D eigenvalue weighted by molar-refractivity contribution is 5.94. The smallest absolute Gasteiger partial charge is 0.232 e. The number of rotatable bonds is 13. The SMILES string of the molecule is CCN(CC)C(=O)C(C)(C)c1ccc2[nH]c(-c3cc(C)cc(C)c3)c([C@H](C)CNCCCCc3cnc4c(c3)ncn4C)c2c1. The molecule has 0 fully saturated rings. The second kappa shape index (κ2) is 13.6. The Kier molecular flexibility index (Phi) is 9.78. The lowest BCUT2D eigenvalue weighted by Gasteiger charge is -2.31. The zero-order valence-electron chi connectivity index (χ0n) is 28.4. The number of nitrogens with zero attached hydrogens (tertiary/aromatic N) is 4. The number of H-pyrrole nitrogens is 1. The van der Waals surface area contributed by atoms with Crippen molar-refractivity contribution in [3.63, 3.8) is 0 Å². The van der Waals surface area contributed by atoms with Crippen molar-refractivity contribution < 1.29 is 4.79 Å². The third kappa shape index (κ3) is 6.84. The van der Waals surface area contributed by atoms with Crippen LogP contribution >= 0.6 is 0 Å². The lowest BCUT2D eigenvalue weighted by atomic mass is 9.81. The fourth-order valence-corrected chi connectivity index (χ4v) is 6.68. The van der Waals surface area contributed by atoms with E-state index in [1.165, 1.54) is 38.9 Å². The number of likely N-dealkylation sites (N-methyl/N-ethyl adjacent to an activating group) is 1. The molecule has 3 heterocycles. The van der Waals surface area contributed by atoms with Gasteiger partial charge in [-0.3, -0.25) is 4.79 Å². The van der Waals surface area contributed by atoms with Gasteiger partial charge in [-0.25, -0.2) is 9.97 Å². The van der Waals surface area contributed by atoms with Crippen LogP contribution in [0.25, 0.3) is 33.3 Å². The van der Waals surface area contributed by atoms with Crippen LogP contribution in [0.2, 0.25) is 0 Å². The normalized spacial score (nSPS) is 12.7. The van der Waals surface area contributed by atoms with Crippen molar-refractivity contribution in [1.82, 2.24) is 29.7 Å². The van der Waals surface area contributed by atoms with Crippen molar-refractivity contribution in [2.45, 2.75) is 79.1 Å². The molecule has 5 rings (SSSR count). The maximum absolute atomic E-state index is 13.6. The molecule has 0 bridgehead atoms. The fraction of sp³-hybridized carbons (Fsp3) is 0.447. The molecule has 1 atom stereocenters. The van der Waals surface area contributed by atoms with Crippen LogP contribution in [0.4, 0.5) is 0 Å². The standard InChI is InChI=1S/C38H50N6O/c1-9-44(10-2)37(45)38(6,7)30-14-15-32-31(21-30)34(35(42-32)29-18-25(3)17-26(4)19-29)27(5)22-39-16-12-11-13-28-20-33-36(40-23-28)43(8)24-41-33/h14-15,17-21,23-24,27,39,42H,9-13,16,22H2,1-8H3/t27-/m1/s1. The summed E-state index contributed by atoms with van der Waals surface area (Å²) in [6.45, 7) is 18.1. The predicted octanol–water partition coefficient (Wildman–Crippen LogP) is 7.60. The first-order chi connectivity index (χ1) is 21.5. The number of pyridine rings is 1. The van der Waals surface area contributed by atoms with Crippen molar-refractivity contribution in [3.05, 3.63) is 82.8 Å². The molecule has 0 aliphatic rings. The maximum Gasteiger partial charge on any atom is 0.232 e. The number of aromatic amines is 1. The summed E-state index contributed by atoms with van der Waals surface area (Å²) in [5.41, 5.74) is 10.9. The Morgan fingerprint density at radius 1 is 1.02 bits per heavy atom. The van der Waals surface area contributed by atoms with Gasteiger partial charge in [0.1, 0.15) is 5.52 Å². The Bertz CT molecular complexity index is 1770. The van der Waals surface area contributed by atoms with Gasteiger partial charge >= 0.3 is 0 Å². The topological polar surface area (TPSA) is 78.8 Å². The molecule has 0 spiro atoms. The second-order valence-electron chi connectivity index (χ2n) is 13.3. The van der Waals surface area contributed by atoms with Crippen molar-refractivity contribution in [2.24, 2.45) is 7.05 Å². The van der Waals surface area contributed by atoms with Gasteiger partial charge in [-0.15, -0.1) is 0 Å². The Morgan fingerprint density at radius 3 is 2.47 bits per heavy atom. The second-order valence-corrected chi connectivity index (χ2v) is 13.3. The van der Waals surface area contributed by atoms with E-state index in [1.54, 1.807) is 0 Å². The summed E-state index contributed by atoms with van der Waals surface area (Å²) in [5, 5.41) is 4.95. The van der Waals surface area contributed by atoms with E-state index in [-0.39, 0.29) is 11.8 Å².